The molecule has 1 aromatic rings. The van der Waals surface area contributed by atoms with Crippen LogP contribution in [0.1, 0.15) is 12.0 Å². The summed E-state index contributed by atoms with van der Waals surface area (Å²) >= 11 is 9.30. The number of nitrogens with two attached hydrogens (primary N) is 1. The number of benzene rings is 1. The SMILES string of the molecule is NCCCNCc1ccc(Cl)cc1Br. The maximum Gasteiger partial charge on any atom is 0.0417 e. The molecule has 78 valence electrons. The van der Waals surface area contributed by atoms with Crippen LogP contribution in [0.25, 0.3) is 0 Å². The zero-order chi connectivity index (χ0) is 10.4. The molecule has 0 amide bonds. The third-order valence-corrected chi connectivity index (χ3v) is 2.86. The summed E-state index contributed by atoms with van der Waals surface area (Å²) in [5.74, 6) is 0. The second kappa shape index (κ2) is 6.40. The molecule has 0 saturated heterocycles. The van der Waals surface area contributed by atoms with Gasteiger partial charge in [0.2, 0.25) is 0 Å². The molecule has 0 bridgehead atoms. The lowest BCUT2D eigenvalue weighted by atomic mass is 10.2. The van der Waals surface area contributed by atoms with Crippen LogP contribution in [-0.4, -0.2) is 13.1 Å². The molecule has 2 nitrogen and oxygen atoms in total. The molecule has 1 aromatic carbocycles. The number of nitrogens with one attached hydrogen (secondary N) is 1. The highest BCUT2D eigenvalue weighted by Crippen LogP contribution is 2.21. The van der Waals surface area contributed by atoms with E-state index in [1.165, 1.54) is 5.56 Å². The smallest absolute Gasteiger partial charge is 0.0417 e. The van der Waals surface area contributed by atoms with Gasteiger partial charge in [-0.3, -0.25) is 0 Å². The summed E-state index contributed by atoms with van der Waals surface area (Å²) in [4.78, 5) is 0. The summed E-state index contributed by atoms with van der Waals surface area (Å²) in [7, 11) is 0. The van der Waals surface area contributed by atoms with E-state index in [1.807, 2.05) is 18.2 Å². The van der Waals surface area contributed by atoms with Crippen LogP contribution in [0.2, 0.25) is 5.02 Å². The second-order valence-electron chi connectivity index (χ2n) is 3.05. The number of hydrogen-bond acceptors (Lipinski definition) is 2. The fourth-order valence-corrected chi connectivity index (χ4v) is 1.94. The Balaban J connectivity index is 2.42. The summed E-state index contributed by atoms with van der Waals surface area (Å²) in [5, 5.41) is 4.06. The van der Waals surface area contributed by atoms with Crippen molar-refractivity contribution in [2.75, 3.05) is 13.1 Å². The van der Waals surface area contributed by atoms with Crippen molar-refractivity contribution in [1.82, 2.24) is 5.32 Å². The van der Waals surface area contributed by atoms with E-state index in [1.54, 1.807) is 0 Å². The molecular formula is C10H14BrClN2. The molecule has 0 aliphatic carbocycles. The second-order valence-corrected chi connectivity index (χ2v) is 4.35. The van der Waals surface area contributed by atoms with Gasteiger partial charge in [0.1, 0.15) is 0 Å². The summed E-state index contributed by atoms with van der Waals surface area (Å²) in [5.41, 5.74) is 6.61. The third kappa shape index (κ3) is 3.96. The van der Waals surface area contributed by atoms with Crippen molar-refractivity contribution in [3.05, 3.63) is 33.3 Å². The van der Waals surface area contributed by atoms with Gasteiger partial charge in [-0.15, -0.1) is 0 Å². The van der Waals surface area contributed by atoms with Gasteiger partial charge in [-0.25, -0.2) is 0 Å². The van der Waals surface area contributed by atoms with E-state index < -0.39 is 0 Å². The number of halogens is 2. The molecule has 0 aromatic heterocycles. The highest BCUT2D eigenvalue weighted by atomic mass is 79.9. The number of hydrogen-bond donors (Lipinski definition) is 2. The quantitative estimate of drug-likeness (QED) is 0.812. The highest BCUT2D eigenvalue weighted by Gasteiger charge is 1.99. The van der Waals surface area contributed by atoms with E-state index in [4.69, 9.17) is 17.3 Å². The largest absolute Gasteiger partial charge is 0.330 e. The molecule has 0 atom stereocenters. The highest BCUT2D eigenvalue weighted by molar-refractivity contribution is 9.10. The Kier molecular flexibility index (Phi) is 5.48. The van der Waals surface area contributed by atoms with Crippen LogP contribution in [0.15, 0.2) is 22.7 Å². The first kappa shape index (κ1) is 12.0. The van der Waals surface area contributed by atoms with Crippen molar-refractivity contribution in [1.29, 1.82) is 0 Å². The zero-order valence-electron chi connectivity index (χ0n) is 7.89. The van der Waals surface area contributed by atoms with Crippen LogP contribution in [0.4, 0.5) is 0 Å². The van der Waals surface area contributed by atoms with E-state index >= 15 is 0 Å². The summed E-state index contributed by atoms with van der Waals surface area (Å²) in [6.07, 6.45) is 1.01. The van der Waals surface area contributed by atoms with Gasteiger partial charge in [0.05, 0.1) is 0 Å². The molecule has 0 radical (unpaired) electrons. The third-order valence-electron chi connectivity index (χ3n) is 1.89. The summed E-state index contributed by atoms with van der Waals surface area (Å²) in [6, 6.07) is 5.82. The maximum absolute atomic E-state index is 5.83. The van der Waals surface area contributed by atoms with Crippen LogP contribution in [-0.2, 0) is 6.54 Å². The van der Waals surface area contributed by atoms with Gasteiger partial charge < -0.3 is 11.1 Å². The molecule has 14 heavy (non-hydrogen) atoms. The van der Waals surface area contributed by atoms with E-state index in [9.17, 15) is 0 Å². The minimum atomic E-state index is 0.731. The minimum Gasteiger partial charge on any atom is -0.330 e. The van der Waals surface area contributed by atoms with Crippen molar-refractivity contribution in [2.45, 2.75) is 13.0 Å². The molecule has 0 fully saturated rings. The van der Waals surface area contributed by atoms with Crippen LogP contribution in [0, 0.1) is 0 Å². The molecule has 0 saturated carbocycles. The van der Waals surface area contributed by atoms with Gasteiger partial charge in [-0.05, 0) is 37.2 Å². The zero-order valence-corrected chi connectivity index (χ0v) is 10.2. The van der Waals surface area contributed by atoms with Crippen molar-refractivity contribution < 1.29 is 0 Å². The van der Waals surface area contributed by atoms with Gasteiger partial charge in [0.25, 0.3) is 0 Å². The standard InChI is InChI=1S/C10H14BrClN2/c11-10-6-9(12)3-2-8(10)7-14-5-1-4-13/h2-3,6,14H,1,4-5,7,13H2. The molecule has 4 heteroatoms. The van der Waals surface area contributed by atoms with Gasteiger partial charge in [0, 0.05) is 16.0 Å². The van der Waals surface area contributed by atoms with Gasteiger partial charge in [-0.1, -0.05) is 33.6 Å². The Hall–Kier alpha value is -0.0900. The Morgan fingerprint density at radius 1 is 1.43 bits per heavy atom. The molecular weight excluding hydrogens is 263 g/mol. The fraction of sp³-hybridized carbons (Fsp3) is 0.400. The molecule has 0 unspecified atom stereocenters. The molecule has 0 aliphatic heterocycles. The lowest BCUT2D eigenvalue weighted by Gasteiger charge is -2.06. The van der Waals surface area contributed by atoms with E-state index in [0.29, 0.717) is 0 Å². The maximum atomic E-state index is 5.83. The molecule has 0 aliphatic rings. The van der Waals surface area contributed by atoms with Crippen LogP contribution in [0.3, 0.4) is 0 Å². The van der Waals surface area contributed by atoms with Crippen molar-refractivity contribution in [2.24, 2.45) is 5.73 Å². The first-order valence-electron chi connectivity index (χ1n) is 4.58. The summed E-state index contributed by atoms with van der Waals surface area (Å²) < 4.78 is 1.05. The van der Waals surface area contributed by atoms with Crippen LogP contribution >= 0.6 is 27.5 Å². The topological polar surface area (TPSA) is 38.0 Å². The predicted molar refractivity (Wildman–Crippen MR) is 64.5 cm³/mol. The van der Waals surface area contributed by atoms with Crippen molar-refractivity contribution in [3.63, 3.8) is 0 Å². The monoisotopic (exact) mass is 276 g/mol. The Morgan fingerprint density at radius 3 is 2.86 bits per heavy atom. The lowest BCUT2D eigenvalue weighted by molar-refractivity contribution is 0.654. The Bertz CT molecular complexity index is 291. The first-order chi connectivity index (χ1) is 6.74. The van der Waals surface area contributed by atoms with Gasteiger partial charge >= 0.3 is 0 Å². The average molecular weight is 278 g/mol. The Labute approximate surface area is 98.0 Å². The first-order valence-corrected chi connectivity index (χ1v) is 5.76. The van der Waals surface area contributed by atoms with E-state index in [2.05, 4.69) is 21.2 Å². The normalized spacial score (nSPS) is 10.5. The van der Waals surface area contributed by atoms with E-state index in [0.717, 1.165) is 35.6 Å². The van der Waals surface area contributed by atoms with Crippen LogP contribution in [0.5, 0.6) is 0 Å². The fourth-order valence-electron chi connectivity index (χ4n) is 1.12. The summed E-state index contributed by atoms with van der Waals surface area (Å²) in [6.45, 7) is 2.53. The molecule has 0 heterocycles. The predicted octanol–water partition coefficient (Wildman–Crippen LogP) is 2.54. The molecule has 3 N–H and O–H groups in total. The average Bonchev–Trinajstić information content (AvgIpc) is 2.15. The van der Waals surface area contributed by atoms with Gasteiger partial charge in [0.15, 0.2) is 0 Å². The molecule has 0 spiro atoms. The van der Waals surface area contributed by atoms with Crippen molar-refractivity contribution in [3.8, 4) is 0 Å². The van der Waals surface area contributed by atoms with Crippen molar-refractivity contribution >= 4 is 27.5 Å². The molecule has 1 rings (SSSR count). The van der Waals surface area contributed by atoms with E-state index in [-0.39, 0.29) is 0 Å². The Morgan fingerprint density at radius 2 is 2.21 bits per heavy atom. The van der Waals surface area contributed by atoms with Crippen LogP contribution < -0.4 is 11.1 Å². The number of rotatable bonds is 5. The minimum absolute atomic E-state index is 0.731. The lowest BCUT2D eigenvalue weighted by Crippen LogP contribution is -2.17. The van der Waals surface area contributed by atoms with Gasteiger partial charge in [-0.2, -0.15) is 0 Å².